The van der Waals surface area contributed by atoms with Crippen LogP contribution in [0.25, 0.3) is 11.1 Å². The van der Waals surface area contributed by atoms with Gasteiger partial charge in [-0.05, 0) is 16.7 Å². The summed E-state index contributed by atoms with van der Waals surface area (Å²) in [6, 6.07) is 17.4. The maximum Gasteiger partial charge on any atom is 0.0799 e. The summed E-state index contributed by atoms with van der Waals surface area (Å²) in [5, 5.41) is 2.43. The number of rotatable bonds is 3. The van der Waals surface area contributed by atoms with Gasteiger partial charge in [-0.15, -0.1) is 0 Å². The fourth-order valence-corrected chi connectivity index (χ4v) is 3.73. The van der Waals surface area contributed by atoms with E-state index in [1.165, 1.54) is 21.9 Å². The van der Waals surface area contributed by atoms with Crippen LogP contribution in [0.15, 0.2) is 48.5 Å². The van der Waals surface area contributed by atoms with Crippen LogP contribution >= 0.6 is 15.9 Å². The van der Waals surface area contributed by atoms with Crippen molar-refractivity contribution >= 4 is 29.9 Å². The number of hydrogen-bond donors (Lipinski definition) is 0. The van der Waals surface area contributed by atoms with Crippen molar-refractivity contribution in [1.82, 2.24) is 0 Å². The predicted molar refractivity (Wildman–Crippen MR) is 81.6 cm³/mol. The minimum atomic E-state index is -0.429. The highest BCUT2D eigenvalue weighted by Crippen LogP contribution is 2.24. The zero-order chi connectivity index (χ0) is 12.3. The van der Waals surface area contributed by atoms with E-state index < -0.39 is 8.80 Å². The van der Waals surface area contributed by atoms with Gasteiger partial charge in [0, 0.05) is 5.33 Å². The van der Waals surface area contributed by atoms with E-state index in [1.54, 1.807) is 0 Å². The quantitative estimate of drug-likeness (QED) is 0.588. The van der Waals surface area contributed by atoms with Gasteiger partial charge >= 0.3 is 0 Å². The van der Waals surface area contributed by atoms with Gasteiger partial charge in [0.25, 0.3) is 0 Å². The van der Waals surface area contributed by atoms with Gasteiger partial charge in [0.2, 0.25) is 0 Å². The minimum absolute atomic E-state index is 0.429. The molecule has 0 aliphatic heterocycles. The van der Waals surface area contributed by atoms with Crippen molar-refractivity contribution in [3.05, 3.63) is 54.1 Å². The molecule has 2 aromatic carbocycles. The highest BCUT2D eigenvalue weighted by atomic mass is 79.9. The van der Waals surface area contributed by atoms with Gasteiger partial charge in [0.05, 0.1) is 8.80 Å². The van der Waals surface area contributed by atoms with E-state index in [-0.39, 0.29) is 0 Å². The normalized spacial score (nSPS) is 10.8. The van der Waals surface area contributed by atoms with Crippen LogP contribution in [-0.2, 0) is 5.33 Å². The summed E-state index contributed by atoms with van der Waals surface area (Å²) in [6.45, 7) is 4.69. The van der Waals surface area contributed by atoms with Crippen LogP contribution in [0, 0.1) is 0 Å². The van der Waals surface area contributed by atoms with Gasteiger partial charge in [-0.3, -0.25) is 0 Å². The molecule has 0 N–H and O–H groups in total. The van der Waals surface area contributed by atoms with Gasteiger partial charge in [-0.1, -0.05) is 82.7 Å². The smallest absolute Gasteiger partial charge is 0.0799 e. The second kappa shape index (κ2) is 5.65. The summed E-state index contributed by atoms with van der Waals surface area (Å²) < 4.78 is 0. The molecule has 2 heteroatoms. The molecule has 0 nitrogen and oxygen atoms in total. The van der Waals surface area contributed by atoms with E-state index >= 15 is 0 Å². The lowest BCUT2D eigenvalue weighted by molar-refractivity contribution is 1.43. The van der Waals surface area contributed by atoms with Crippen molar-refractivity contribution in [3.8, 4) is 11.1 Å². The van der Waals surface area contributed by atoms with Crippen LogP contribution in [0.1, 0.15) is 5.56 Å². The largest absolute Gasteiger partial charge is 0.0876 e. The number of benzene rings is 2. The molecule has 2 aromatic rings. The molecule has 1 radical (unpaired) electrons. The molecule has 0 bridgehead atoms. The lowest BCUT2D eigenvalue weighted by Gasteiger charge is -2.14. The number of alkyl halides is 1. The molecule has 17 heavy (non-hydrogen) atoms. The first-order valence-electron chi connectivity index (χ1n) is 5.78. The van der Waals surface area contributed by atoms with Gasteiger partial charge < -0.3 is 0 Å². The first kappa shape index (κ1) is 12.6. The minimum Gasteiger partial charge on any atom is -0.0876 e. The molecule has 0 aliphatic rings. The Balaban J connectivity index is 2.60. The van der Waals surface area contributed by atoms with Crippen molar-refractivity contribution < 1.29 is 0 Å². The van der Waals surface area contributed by atoms with Crippen LogP contribution in [0.2, 0.25) is 13.1 Å². The lowest BCUT2D eigenvalue weighted by Crippen LogP contribution is -2.24. The molecule has 0 unspecified atom stereocenters. The highest BCUT2D eigenvalue weighted by Gasteiger charge is 2.11. The first-order valence-corrected chi connectivity index (χ1v) is 9.40. The SMILES string of the molecule is C[Si](C)c1ccccc1-c1ccccc1CBr. The van der Waals surface area contributed by atoms with Crippen molar-refractivity contribution in [2.24, 2.45) is 0 Å². The van der Waals surface area contributed by atoms with Crippen LogP contribution in [-0.4, -0.2) is 8.80 Å². The summed E-state index contributed by atoms with van der Waals surface area (Å²) in [5.41, 5.74) is 4.14. The van der Waals surface area contributed by atoms with Crippen LogP contribution in [0.3, 0.4) is 0 Å². The second-order valence-corrected chi connectivity index (χ2v) is 7.44. The zero-order valence-corrected chi connectivity index (χ0v) is 12.8. The Morgan fingerprint density at radius 1 is 0.882 bits per heavy atom. The summed E-state index contributed by atoms with van der Waals surface area (Å²) in [4.78, 5) is 0. The predicted octanol–water partition coefficient (Wildman–Crippen LogP) is 4.21. The van der Waals surface area contributed by atoms with Gasteiger partial charge in [0.1, 0.15) is 0 Å². The third-order valence-corrected chi connectivity index (χ3v) is 5.03. The monoisotopic (exact) mass is 303 g/mol. The first-order chi connectivity index (χ1) is 8.24. The second-order valence-electron chi connectivity index (χ2n) is 4.34. The molecule has 0 aromatic heterocycles. The average molecular weight is 304 g/mol. The van der Waals surface area contributed by atoms with Crippen molar-refractivity contribution in [3.63, 3.8) is 0 Å². The molecule has 0 saturated heterocycles. The molecule has 0 atom stereocenters. The lowest BCUT2D eigenvalue weighted by atomic mass is 10.0. The summed E-state index contributed by atoms with van der Waals surface area (Å²) >= 11 is 3.58. The Hall–Kier alpha value is -0.863. The van der Waals surface area contributed by atoms with E-state index in [4.69, 9.17) is 0 Å². The Bertz CT molecular complexity index is 506. The molecule has 0 saturated carbocycles. The standard InChI is InChI=1S/C15H16BrSi/c1-17(2)15-10-6-5-9-14(15)13-8-4-3-7-12(13)11-16/h3-10H,11H2,1-2H3. The maximum atomic E-state index is 3.58. The third-order valence-electron chi connectivity index (χ3n) is 2.92. The highest BCUT2D eigenvalue weighted by molar-refractivity contribution is 9.08. The van der Waals surface area contributed by atoms with Gasteiger partial charge in [-0.2, -0.15) is 0 Å². The van der Waals surface area contributed by atoms with Gasteiger partial charge in [0.15, 0.2) is 0 Å². The van der Waals surface area contributed by atoms with Crippen LogP contribution < -0.4 is 5.19 Å². The molecule has 0 spiro atoms. The topological polar surface area (TPSA) is 0 Å². The fraction of sp³-hybridized carbons (Fsp3) is 0.200. The van der Waals surface area contributed by atoms with E-state index in [0.29, 0.717) is 0 Å². The fourth-order valence-electron chi connectivity index (χ4n) is 2.05. The summed E-state index contributed by atoms with van der Waals surface area (Å²) in [5.74, 6) is 0. The zero-order valence-electron chi connectivity index (χ0n) is 10.2. The maximum absolute atomic E-state index is 3.58. The molecule has 0 amide bonds. The molecule has 87 valence electrons. The third kappa shape index (κ3) is 2.69. The molecular weight excluding hydrogens is 288 g/mol. The van der Waals surface area contributed by atoms with Gasteiger partial charge in [-0.25, -0.2) is 0 Å². The average Bonchev–Trinajstić information content (AvgIpc) is 2.38. The number of hydrogen-bond acceptors (Lipinski definition) is 0. The molecule has 0 fully saturated rings. The Morgan fingerprint density at radius 3 is 2.12 bits per heavy atom. The molecule has 2 rings (SSSR count). The Morgan fingerprint density at radius 2 is 1.47 bits per heavy atom. The summed E-state index contributed by atoms with van der Waals surface area (Å²) in [7, 11) is -0.429. The van der Waals surface area contributed by atoms with Crippen LogP contribution in [0.4, 0.5) is 0 Å². The molecular formula is C15H16BrSi. The van der Waals surface area contributed by atoms with Crippen molar-refractivity contribution in [1.29, 1.82) is 0 Å². The van der Waals surface area contributed by atoms with E-state index in [9.17, 15) is 0 Å². The molecule has 0 heterocycles. The molecule has 0 aliphatic carbocycles. The Kier molecular flexibility index (Phi) is 4.19. The van der Waals surface area contributed by atoms with E-state index in [2.05, 4.69) is 77.6 Å². The Labute approximate surface area is 113 Å². The van der Waals surface area contributed by atoms with E-state index in [1.807, 2.05) is 0 Å². The van der Waals surface area contributed by atoms with Crippen molar-refractivity contribution in [2.45, 2.75) is 18.4 Å². The summed E-state index contributed by atoms with van der Waals surface area (Å²) in [6.07, 6.45) is 0. The van der Waals surface area contributed by atoms with Crippen molar-refractivity contribution in [2.75, 3.05) is 0 Å². The van der Waals surface area contributed by atoms with Crippen LogP contribution in [0.5, 0.6) is 0 Å². The number of halogens is 1. The van der Waals surface area contributed by atoms with E-state index in [0.717, 1.165) is 5.33 Å².